The summed E-state index contributed by atoms with van der Waals surface area (Å²) in [5, 5.41) is 0.846. The van der Waals surface area contributed by atoms with E-state index < -0.39 is 0 Å². The zero-order valence-electron chi connectivity index (χ0n) is 8.53. The third-order valence-electron chi connectivity index (χ3n) is 2.31. The van der Waals surface area contributed by atoms with Gasteiger partial charge in [0, 0.05) is 5.39 Å². The number of H-pyrrole nitrogens is 1. The first-order valence-corrected chi connectivity index (χ1v) is 4.49. The van der Waals surface area contributed by atoms with Gasteiger partial charge in [-0.05, 0) is 18.2 Å². The van der Waals surface area contributed by atoms with E-state index in [1.807, 2.05) is 18.2 Å². The highest BCUT2D eigenvalue weighted by atomic mass is 16.5. The highest BCUT2D eigenvalue weighted by Gasteiger charge is 2.11. The van der Waals surface area contributed by atoms with Crippen molar-refractivity contribution in [2.45, 2.75) is 0 Å². The van der Waals surface area contributed by atoms with Crippen LogP contribution < -0.4 is 9.47 Å². The lowest BCUT2D eigenvalue weighted by atomic mass is 10.2. The van der Waals surface area contributed by atoms with Crippen LogP contribution in [0.5, 0.6) is 11.5 Å². The lowest BCUT2D eigenvalue weighted by molar-refractivity contribution is 0.111. The average molecular weight is 205 g/mol. The molecule has 0 fully saturated rings. The molecule has 1 heterocycles. The molecular weight excluding hydrogens is 194 g/mol. The van der Waals surface area contributed by atoms with Gasteiger partial charge < -0.3 is 14.5 Å². The van der Waals surface area contributed by atoms with Crippen LogP contribution in [0.4, 0.5) is 0 Å². The number of methoxy groups -OCH3 is 2. The molecule has 0 atom stereocenters. The Morgan fingerprint density at radius 2 is 2.07 bits per heavy atom. The van der Waals surface area contributed by atoms with Crippen LogP contribution in [0.3, 0.4) is 0 Å². The fourth-order valence-corrected chi connectivity index (χ4v) is 1.60. The molecule has 0 saturated heterocycles. The van der Waals surface area contributed by atoms with Gasteiger partial charge >= 0.3 is 0 Å². The molecule has 2 aromatic rings. The van der Waals surface area contributed by atoms with Crippen LogP contribution in [0.15, 0.2) is 18.2 Å². The van der Waals surface area contributed by atoms with Crippen molar-refractivity contribution in [2.24, 2.45) is 0 Å². The molecule has 0 aliphatic heterocycles. The summed E-state index contributed by atoms with van der Waals surface area (Å²) in [4.78, 5) is 13.7. The van der Waals surface area contributed by atoms with Crippen molar-refractivity contribution >= 4 is 17.2 Å². The molecule has 0 spiro atoms. The van der Waals surface area contributed by atoms with Gasteiger partial charge in [0.25, 0.3) is 0 Å². The van der Waals surface area contributed by atoms with E-state index in [9.17, 15) is 4.79 Å². The SMILES string of the molecule is COc1ccc2[nH]c(C=O)c(OC)c2c1. The third-order valence-corrected chi connectivity index (χ3v) is 2.31. The molecule has 0 amide bonds. The molecule has 1 aromatic heterocycles. The predicted molar refractivity (Wildman–Crippen MR) is 56.8 cm³/mol. The third kappa shape index (κ3) is 1.44. The second kappa shape index (κ2) is 3.65. The van der Waals surface area contributed by atoms with E-state index in [4.69, 9.17) is 9.47 Å². The van der Waals surface area contributed by atoms with Gasteiger partial charge in [-0.3, -0.25) is 4.79 Å². The maximum Gasteiger partial charge on any atom is 0.170 e. The summed E-state index contributed by atoms with van der Waals surface area (Å²) in [6.07, 6.45) is 0.741. The molecule has 0 bridgehead atoms. The Morgan fingerprint density at radius 1 is 1.27 bits per heavy atom. The first-order chi connectivity index (χ1) is 7.30. The first kappa shape index (κ1) is 9.58. The van der Waals surface area contributed by atoms with Crippen LogP contribution in [-0.4, -0.2) is 25.5 Å². The molecule has 2 rings (SSSR count). The number of rotatable bonds is 3. The predicted octanol–water partition coefficient (Wildman–Crippen LogP) is 2.00. The van der Waals surface area contributed by atoms with Gasteiger partial charge in [-0.25, -0.2) is 0 Å². The molecular formula is C11H11NO3. The number of aldehydes is 1. The Morgan fingerprint density at radius 3 is 2.67 bits per heavy atom. The van der Waals surface area contributed by atoms with E-state index in [2.05, 4.69) is 4.98 Å². The van der Waals surface area contributed by atoms with Gasteiger partial charge in [0.2, 0.25) is 0 Å². The zero-order chi connectivity index (χ0) is 10.8. The number of aromatic nitrogens is 1. The molecule has 4 nitrogen and oxygen atoms in total. The van der Waals surface area contributed by atoms with Gasteiger partial charge in [-0.1, -0.05) is 0 Å². The van der Waals surface area contributed by atoms with E-state index in [1.54, 1.807) is 7.11 Å². The summed E-state index contributed by atoms with van der Waals surface area (Å²) < 4.78 is 10.3. The molecule has 0 unspecified atom stereocenters. The molecule has 1 N–H and O–H groups in total. The molecule has 0 saturated carbocycles. The second-order valence-electron chi connectivity index (χ2n) is 3.10. The van der Waals surface area contributed by atoms with Crippen molar-refractivity contribution in [3.05, 3.63) is 23.9 Å². The number of ether oxygens (including phenoxy) is 2. The average Bonchev–Trinajstić information content (AvgIpc) is 2.65. The Hall–Kier alpha value is -1.97. The molecule has 4 heteroatoms. The number of hydrogen-bond donors (Lipinski definition) is 1. The highest BCUT2D eigenvalue weighted by molar-refractivity contribution is 5.96. The van der Waals surface area contributed by atoms with E-state index >= 15 is 0 Å². The summed E-state index contributed by atoms with van der Waals surface area (Å²) in [6.45, 7) is 0. The summed E-state index contributed by atoms with van der Waals surface area (Å²) >= 11 is 0. The van der Waals surface area contributed by atoms with Crippen LogP contribution >= 0.6 is 0 Å². The highest BCUT2D eigenvalue weighted by Crippen LogP contribution is 2.31. The number of aromatic amines is 1. The van der Waals surface area contributed by atoms with E-state index in [1.165, 1.54) is 7.11 Å². The topological polar surface area (TPSA) is 51.3 Å². The fraction of sp³-hybridized carbons (Fsp3) is 0.182. The maximum atomic E-state index is 10.8. The lowest BCUT2D eigenvalue weighted by Gasteiger charge is -2.00. The molecule has 15 heavy (non-hydrogen) atoms. The number of hydrogen-bond acceptors (Lipinski definition) is 3. The van der Waals surface area contributed by atoms with Gasteiger partial charge in [-0.2, -0.15) is 0 Å². The minimum Gasteiger partial charge on any atom is -0.497 e. The fourth-order valence-electron chi connectivity index (χ4n) is 1.60. The number of carbonyl (C=O) groups is 1. The van der Waals surface area contributed by atoms with E-state index in [0.29, 0.717) is 11.4 Å². The first-order valence-electron chi connectivity index (χ1n) is 4.49. The maximum absolute atomic E-state index is 10.8. The van der Waals surface area contributed by atoms with Crippen LogP contribution in [0.2, 0.25) is 0 Å². The summed E-state index contributed by atoms with van der Waals surface area (Å²) in [7, 11) is 3.13. The van der Waals surface area contributed by atoms with Crippen molar-refractivity contribution in [1.82, 2.24) is 4.98 Å². The van der Waals surface area contributed by atoms with Crippen molar-refractivity contribution in [3.63, 3.8) is 0 Å². The Bertz CT molecular complexity index is 502. The molecule has 78 valence electrons. The zero-order valence-corrected chi connectivity index (χ0v) is 8.53. The Labute approximate surface area is 86.8 Å². The van der Waals surface area contributed by atoms with Gasteiger partial charge in [0.05, 0.1) is 19.7 Å². The van der Waals surface area contributed by atoms with Crippen LogP contribution in [0.25, 0.3) is 10.9 Å². The largest absolute Gasteiger partial charge is 0.497 e. The Kier molecular flexibility index (Phi) is 2.33. The quantitative estimate of drug-likeness (QED) is 0.779. The smallest absolute Gasteiger partial charge is 0.170 e. The van der Waals surface area contributed by atoms with Crippen LogP contribution in [0.1, 0.15) is 10.5 Å². The number of nitrogens with one attached hydrogen (secondary N) is 1. The minimum absolute atomic E-state index is 0.445. The molecule has 0 aliphatic rings. The van der Waals surface area contributed by atoms with E-state index in [0.717, 1.165) is 22.9 Å². The lowest BCUT2D eigenvalue weighted by Crippen LogP contribution is -1.87. The van der Waals surface area contributed by atoms with E-state index in [-0.39, 0.29) is 0 Å². The normalized spacial score (nSPS) is 10.3. The molecule has 1 aromatic carbocycles. The Balaban J connectivity index is 2.73. The molecule has 0 radical (unpaired) electrons. The van der Waals surface area contributed by atoms with Crippen LogP contribution in [0, 0.1) is 0 Å². The number of fused-ring (bicyclic) bond motifs is 1. The number of carbonyl (C=O) groups excluding carboxylic acids is 1. The van der Waals surface area contributed by atoms with Crippen molar-refractivity contribution in [1.29, 1.82) is 0 Å². The second-order valence-corrected chi connectivity index (χ2v) is 3.10. The minimum atomic E-state index is 0.445. The van der Waals surface area contributed by atoms with Crippen molar-refractivity contribution in [2.75, 3.05) is 14.2 Å². The molecule has 0 aliphatic carbocycles. The van der Waals surface area contributed by atoms with Crippen molar-refractivity contribution in [3.8, 4) is 11.5 Å². The summed E-state index contributed by atoms with van der Waals surface area (Å²) in [6, 6.07) is 5.51. The van der Waals surface area contributed by atoms with Crippen LogP contribution in [-0.2, 0) is 0 Å². The van der Waals surface area contributed by atoms with Gasteiger partial charge in [0.1, 0.15) is 11.4 Å². The number of benzene rings is 1. The standard InChI is InChI=1S/C11H11NO3/c1-14-7-3-4-9-8(5-7)11(15-2)10(6-13)12-9/h3-6,12H,1-2H3. The summed E-state index contributed by atoms with van der Waals surface area (Å²) in [5.74, 6) is 1.29. The van der Waals surface area contributed by atoms with Gasteiger partial charge in [0.15, 0.2) is 12.0 Å². The summed E-state index contributed by atoms with van der Waals surface area (Å²) in [5.41, 5.74) is 1.30. The van der Waals surface area contributed by atoms with Gasteiger partial charge in [-0.15, -0.1) is 0 Å². The monoisotopic (exact) mass is 205 g/mol. The van der Waals surface area contributed by atoms with Crippen molar-refractivity contribution < 1.29 is 14.3 Å².